The van der Waals surface area contributed by atoms with Gasteiger partial charge in [0.1, 0.15) is 18.5 Å². The summed E-state index contributed by atoms with van der Waals surface area (Å²) in [7, 11) is 0. The van der Waals surface area contributed by atoms with Gasteiger partial charge in [-0.25, -0.2) is 4.79 Å². The molecule has 26 heavy (non-hydrogen) atoms. The van der Waals surface area contributed by atoms with E-state index in [9.17, 15) is 15.0 Å². The van der Waals surface area contributed by atoms with Crippen LogP contribution in [0.4, 0.5) is 4.79 Å². The van der Waals surface area contributed by atoms with Gasteiger partial charge in [-0.2, -0.15) is 0 Å². The van der Waals surface area contributed by atoms with Crippen molar-refractivity contribution in [3.8, 4) is 5.75 Å². The van der Waals surface area contributed by atoms with Crippen LogP contribution in [0.3, 0.4) is 0 Å². The van der Waals surface area contributed by atoms with Crippen molar-refractivity contribution in [1.82, 2.24) is 5.32 Å². The molecule has 0 bridgehead atoms. The molecule has 1 heterocycles. The van der Waals surface area contributed by atoms with E-state index in [0.29, 0.717) is 12.2 Å². The van der Waals surface area contributed by atoms with Gasteiger partial charge >= 0.3 is 6.09 Å². The number of rotatable bonds is 7. The normalized spacial score (nSPS) is 14.8. The molecule has 3 rings (SSSR count). The molecule has 0 radical (unpaired) electrons. The number of fused-ring (bicyclic) bond motifs is 1. The molecule has 1 aliphatic heterocycles. The van der Waals surface area contributed by atoms with E-state index in [1.165, 1.54) is 0 Å². The van der Waals surface area contributed by atoms with E-state index in [1.54, 1.807) is 6.07 Å². The van der Waals surface area contributed by atoms with Gasteiger partial charge in [0, 0.05) is 13.0 Å². The zero-order valence-electron chi connectivity index (χ0n) is 14.4. The molecule has 1 amide bonds. The largest absolute Gasteiger partial charge is 0.493 e. The molecular weight excluding hydrogens is 334 g/mol. The van der Waals surface area contributed by atoms with Crippen LogP contribution in [0.5, 0.6) is 5.75 Å². The van der Waals surface area contributed by atoms with Crippen molar-refractivity contribution in [2.24, 2.45) is 0 Å². The summed E-state index contributed by atoms with van der Waals surface area (Å²) in [5.41, 5.74) is 2.59. The Labute approximate surface area is 152 Å². The topological polar surface area (TPSA) is 88.0 Å². The Morgan fingerprint density at radius 2 is 2.00 bits per heavy atom. The van der Waals surface area contributed by atoms with Crippen LogP contribution in [0.15, 0.2) is 48.5 Å². The van der Waals surface area contributed by atoms with Gasteiger partial charge in [-0.1, -0.05) is 36.4 Å². The van der Waals surface area contributed by atoms with Crippen LogP contribution in [-0.2, 0) is 17.8 Å². The maximum Gasteiger partial charge on any atom is 0.407 e. The Morgan fingerprint density at radius 1 is 1.19 bits per heavy atom. The molecule has 138 valence electrons. The van der Waals surface area contributed by atoms with Crippen LogP contribution in [0.25, 0.3) is 0 Å². The highest BCUT2D eigenvalue weighted by Gasteiger charge is 2.21. The lowest BCUT2D eigenvalue weighted by molar-refractivity contribution is 0.0136. The minimum atomic E-state index is -1.01. The van der Waals surface area contributed by atoms with Gasteiger partial charge in [0.15, 0.2) is 0 Å². The first-order chi connectivity index (χ1) is 12.6. The lowest BCUT2D eigenvalue weighted by atomic mass is 9.99. The minimum Gasteiger partial charge on any atom is -0.493 e. The molecule has 6 nitrogen and oxygen atoms in total. The van der Waals surface area contributed by atoms with E-state index >= 15 is 0 Å². The van der Waals surface area contributed by atoms with Crippen molar-refractivity contribution in [2.45, 2.75) is 31.7 Å². The minimum absolute atomic E-state index is 0.190. The fourth-order valence-corrected chi connectivity index (χ4v) is 2.87. The number of carbonyl (C=O) groups excluding carboxylic acids is 1. The second-order valence-electron chi connectivity index (χ2n) is 6.25. The summed E-state index contributed by atoms with van der Waals surface area (Å²) in [5.74, 6) is 0.832. The van der Waals surface area contributed by atoms with Gasteiger partial charge < -0.3 is 25.0 Å². The molecular formula is C20H23NO5. The van der Waals surface area contributed by atoms with Crippen LogP contribution in [0, 0.1) is 0 Å². The van der Waals surface area contributed by atoms with Crippen LogP contribution in [0.1, 0.15) is 29.2 Å². The molecule has 3 N–H and O–H groups in total. The van der Waals surface area contributed by atoms with E-state index in [4.69, 9.17) is 9.47 Å². The van der Waals surface area contributed by atoms with Crippen molar-refractivity contribution >= 4 is 6.09 Å². The zero-order chi connectivity index (χ0) is 18.4. The van der Waals surface area contributed by atoms with Crippen molar-refractivity contribution in [1.29, 1.82) is 0 Å². The van der Waals surface area contributed by atoms with Crippen LogP contribution in [0.2, 0.25) is 0 Å². The maximum absolute atomic E-state index is 11.7. The Balaban J connectivity index is 1.40. The maximum atomic E-state index is 11.7. The molecule has 0 fully saturated rings. The number of hydrogen-bond acceptors (Lipinski definition) is 5. The summed E-state index contributed by atoms with van der Waals surface area (Å²) < 4.78 is 10.5. The molecule has 0 aliphatic carbocycles. The number of carbonyl (C=O) groups is 1. The van der Waals surface area contributed by atoms with E-state index in [0.717, 1.165) is 23.3 Å². The second-order valence-corrected chi connectivity index (χ2v) is 6.25. The van der Waals surface area contributed by atoms with Gasteiger partial charge in [0.25, 0.3) is 0 Å². The average Bonchev–Trinajstić information content (AvgIpc) is 3.14. The van der Waals surface area contributed by atoms with Crippen molar-refractivity contribution in [2.75, 3.05) is 13.2 Å². The smallest absolute Gasteiger partial charge is 0.407 e. The lowest BCUT2D eigenvalue weighted by Gasteiger charge is -2.19. The summed E-state index contributed by atoms with van der Waals surface area (Å²) in [6.45, 7) is 1.04. The monoisotopic (exact) mass is 357 g/mol. The molecule has 0 saturated heterocycles. The van der Waals surface area contributed by atoms with Crippen LogP contribution >= 0.6 is 0 Å². The molecule has 2 unspecified atom stereocenters. The molecule has 0 saturated carbocycles. The fourth-order valence-electron chi connectivity index (χ4n) is 2.87. The number of aliphatic hydroxyl groups is 2. The quantitative estimate of drug-likeness (QED) is 0.708. The van der Waals surface area contributed by atoms with E-state index < -0.39 is 18.3 Å². The van der Waals surface area contributed by atoms with Crippen molar-refractivity contribution < 1.29 is 24.5 Å². The highest BCUT2D eigenvalue weighted by molar-refractivity contribution is 5.67. The van der Waals surface area contributed by atoms with Crippen molar-refractivity contribution in [3.63, 3.8) is 0 Å². The Bertz CT molecular complexity index is 734. The third kappa shape index (κ3) is 4.74. The van der Waals surface area contributed by atoms with Gasteiger partial charge in [-0.15, -0.1) is 0 Å². The first-order valence-corrected chi connectivity index (χ1v) is 8.70. The molecule has 1 aliphatic rings. The molecule has 6 heteroatoms. The van der Waals surface area contributed by atoms with Gasteiger partial charge in [0.05, 0.1) is 12.7 Å². The highest BCUT2D eigenvalue weighted by atomic mass is 16.5. The number of ether oxygens (including phenoxy) is 2. The summed E-state index contributed by atoms with van der Waals surface area (Å²) in [6, 6.07) is 14.8. The van der Waals surface area contributed by atoms with E-state index in [-0.39, 0.29) is 19.6 Å². The van der Waals surface area contributed by atoms with Crippen molar-refractivity contribution in [3.05, 3.63) is 65.2 Å². The van der Waals surface area contributed by atoms with E-state index in [1.807, 2.05) is 42.5 Å². The van der Waals surface area contributed by atoms with Gasteiger partial charge in [-0.05, 0) is 35.2 Å². The summed E-state index contributed by atoms with van der Waals surface area (Å²) in [4.78, 5) is 11.7. The molecule has 2 aromatic carbocycles. The van der Waals surface area contributed by atoms with Gasteiger partial charge in [0.2, 0.25) is 0 Å². The number of amides is 1. The number of aliphatic hydroxyl groups excluding tert-OH is 2. The van der Waals surface area contributed by atoms with Crippen LogP contribution < -0.4 is 10.1 Å². The fraction of sp³-hybridized carbons (Fsp3) is 0.350. The standard InChI is InChI=1S/C20H23NO5/c22-17(19(23)16-6-7-18-15(12-16)9-11-25-18)8-10-21-20(24)26-13-14-4-2-1-3-5-14/h1-7,12,17,19,22-23H,8-11,13H2,(H,21,24). The molecule has 0 aromatic heterocycles. The first kappa shape index (κ1) is 18.2. The predicted octanol–water partition coefficient (Wildman–Crippen LogP) is 2.33. The number of alkyl carbamates (subject to hydrolysis) is 1. The number of benzene rings is 2. The van der Waals surface area contributed by atoms with Gasteiger partial charge in [-0.3, -0.25) is 0 Å². The summed E-state index contributed by atoms with van der Waals surface area (Å²) in [6.07, 6.45) is -1.52. The van der Waals surface area contributed by atoms with E-state index in [2.05, 4.69) is 5.32 Å². The summed E-state index contributed by atoms with van der Waals surface area (Å²) >= 11 is 0. The average molecular weight is 357 g/mol. The molecule has 2 aromatic rings. The lowest BCUT2D eigenvalue weighted by Crippen LogP contribution is -2.29. The second kappa shape index (κ2) is 8.69. The Hall–Kier alpha value is -2.57. The Kier molecular flexibility index (Phi) is 6.09. The molecule has 0 spiro atoms. The SMILES string of the molecule is O=C(NCCC(O)C(O)c1ccc2c(c1)CCO2)OCc1ccccc1. The predicted molar refractivity (Wildman–Crippen MR) is 95.9 cm³/mol. The third-order valence-electron chi connectivity index (χ3n) is 4.34. The zero-order valence-corrected chi connectivity index (χ0v) is 14.4. The number of nitrogens with one attached hydrogen (secondary N) is 1. The third-order valence-corrected chi connectivity index (χ3v) is 4.34. The highest BCUT2D eigenvalue weighted by Crippen LogP contribution is 2.29. The van der Waals surface area contributed by atoms with Crippen LogP contribution in [-0.4, -0.2) is 35.6 Å². The number of hydrogen-bond donors (Lipinski definition) is 3. The summed E-state index contributed by atoms with van der Waals surface area (Å²) in [5, 5.41) is 23.0. The first-order valence-electron chi connectivity index (χ1n) is 8.70. The molecule has 2 atom stereocenters. The Morgan fingerprint density at radius 3 is 2.81 bits per heavy atom.